The summed E-state index contributed by atoms with van der Waals surface area (Å²) in [5.41, 5.74) is 0. The Kier molecular flexibility index (Phi) is 8.99. The molecule has 0 spiro atoms. The molecular weight excluding hydrogens is 456 g/mol. The summed E-state index contributed by atoms with van der Waals surface area (Å²) < 4.78 is 26.9. The van der Waals surface area contributed by atoms with Gasteiger partial charge >= 0.3 is 0 Å². The van der Waals surface area contributed by atoms with E-state index in [-0.39, 0.29) is 0 Å². The van der Waals surface area contributed by atoms with Gasteiger partial charge in [0.15, 0.2) is 18.9 Å². The fourth-order valence-corrected chi connectivity index (χ4v) is 3.99. The van der Waals surface area contributed by atoms with Gasteiger partial charge in [0.1, 0.15) is 67.1 Å². The largest absolute Gasteiger partial charge is 0.394 e. The van der Waals surface area contributed by atoms with Gasteiger partial charge < -0.3 is 74.7 Å². The van der Waals surface area contributed by atoms with Gasteiger partial charge in [0.25, 0.3) is 0 Å². The minimum Gasteiger partial charge on any atom is -0.394 e. The van der Waals surface area contributed by atoms with Gasteiger partial charge in [-0.1, -0.05) is 0 Å². The lowest BCUT2D eigenvalue weighted by Crippen LogP contribution is -2.66. The molecule has 0 aromatic rings. The molecule has 3 aliphatic heterocycles. The first-order valence-corrected chi connectivity index (χ1v) is 10.4. The van der Waals surface area contributed by atoms with Crippen molar-refractivity contribution in [3.05, 3.63) is 0 Å². The topological polar surface area (TPSA) is 248 Å². The van der Waals surface area contributed by atoms with E-state index in [1.54, 1.807) is 0 Å². The van der Waals surface area contributed by atoms with E-state index in [2.05, 4.69) is 0 Å². The quantitative estimate of drug-likeness (QED) is 0.167. The molecule has 0 radical (unpaired) electrons. The minimum absolute atomic E-state index is 0.739. The van der Waals surface area contributed by atoms with Gasteiger partial charge in [-0.15, -0.1) is 0 Å². The Morgan fingerprint density at radius 2 is 1.06 bits per heavy atom. The minimum atomic E-state index is -1.88. The molecule has 0 bridgehead atoms. The summed E-state index contributed by atoms with van der Waals surface area (Å²) in [6.45, 7) is -0.127. The highest BCUT2D eigenvalue weighted by molar-refractivity contribution is 4.96. The van der Waals surface area contributed by atoms with Crippen molar-refractivity contribution in [2.45, 2.75) is 99.0 Å². The Bertz CT molecular complexity index is 624. The molecular formula is C18H32O15. The van der Waals surface area contributed by atoms with Gasteiger partial charge in [-0.3, -0.25) is 0 Å². The monoisotopic (exact) mass is 488 g/mol. The van der Waals surface area contributed by atoms with Crippen molar-refractivity contribution in [3.63, 3.8) is 0 Å². The van der Waals surface area contributed by atoms with Crippen molar-refractivity contribution in [3.8, 4) is 0 Å². The Morgan fingerprint density at radius 1 is 0.545 bits per heavy atom. The van der Waals surface area contributed by atoms with Crippen molar-refractivity contribution in [2.24, 2.45) is 0 Å². The highest BCUT2D eigenvalue weighted by Gasteiger charge is 2.53. The fourth-order valence-electron chi connectivity index (χ4n) is 3.99. The second-order valence-electron chi connectivity index (χ2n) is 8.32. The molecule has 15 atom stereocenters. The first-order chi connectivity index (χ1) is 15.5. The van der Waals surface area contributed by atoms with Crippen molar-refractivity contribution in [1.29, 1.82) is 0 Å². The number of ether oxygens (including phenoxy) is 5. The smallest absolute Gasteiger partial charge is 0.187 e. The lowest BCUT2D eigenvalue weighted by molar-refractivity contribution is -0.382. The third-order valence-corrected chi connectivity index (χ3v) is 6.05. The Labute approximate surface area is 187 Å². The lowest BCUT2D eigenvalue weighted by Gasteiger charge is -2.48. The number of aliphatic hydroxyl groups excluding tert-OH is 10. The average Bonchev–Trinajstić information content (AvgIpc) is 2.80. The van der Waals surface area contributed by atoms with E-state index in [1.807, 2.05) is 0 Å². The predicted octanol–water partition coefficient (Wildman–Crippen LogP) is -6.55. The van der Waals surface area contributed by atoms with E-state index < -0.39 is 105 Å². The van der Waals surface area contributed by atoms with E-state index in [9.17, 15) is 51.1 Å². The van der Waals surface area contributed by atoms with Crippen molar-refractivity contribution in [2.75, 3.05) is 13.2 Å². The Morgan fingerprint density at radius 3 is 1.64 bits per heavy atom. The number of aliphatic hydroxyl groups is 10. The van der Waals surface area contributed by atoms with E-state index in [0.29, 0.717) is 0 Å². The van der Waals surface area contributed by atoms with Crippen LogP contribution in [0.15, 0.2) is 0 Å². The maximum absolute atomic E-state index is 10.5. The SMILES string of the molecule is C[C@@H]1OC(O[C@H]2[C@H](O[C@@H]3O[C@H](CO)[C@H](O)[C@H](O)[C@H]3O)[C@@H](CO)OC(O)[C@@H]2O)[C@@H](O)[C@H](O)[C@@H]1O. The molecule has 0 aliphatic carbocycles. The summed E-state index contributed by atoms with van der Waals surface area (Å²) in [7, 11) is 0. The Hall–Kier alpha value is -0.600. The molecule has 194 valence electrons. The van der Waals surface area contributed by atoms with Crippen LogP contribution < -0.4 is 0 Å². The molecule has 3 heterocycles. The zero-order valence-corrected chi connectivity index (χ0v) is 17.6. The van der Waals surface area contributed by atoms with Crippen LogP contribution in [-0.4, -0.2) is 156 Å². The molecule has 0 amide bonds. The lowest BCUT2D eigenvalue weighted by atomic mass is 9.96. The third-order valence-electron chi connectivity index (χ3n) is 6.05. The average molecular weight is 488 g/mol. The van der Waals surface area contributed by atoms with Gasteiger partial charge in [-0.25, -0.2) is 0 Å². The first kappa shape index (κ1) is 27.0. The molecule has 15 heteroatoms. The highest BCUT2D eigenvalue weighted by atomic mass is 16.8. The molecule has 3 saturated heterocycles. The molecule has 3 rings (SSSR count). The van der Waals surface area contributed by atoms with Gasteiger partial charge in [0.2, 0.25) is 0 Å². The van der Waals surface area contributed by atoms with Gasteiger partial charge in [0.05, 0.1) is 19.3 Å². The second-order valence-corrected chi connectivity index (χ2v) is 8.32. The summed E-state index contributed by atoms with van der Waals surface area (Å²) in [4.78, 5) is 0. The summed E-state index contributed by atoms with van der Waals surface area (Å²) in [5.74, 6) is 0. The van der Waals surface area contributed by atoms with Crippen LogP contribution >= 0.6 is 0 Å². The van der Waals surface area contributed by atoms with Crippen molar-refractivity contribution >= 4 is 0 Å². The molecule has 0 aromatic carbocycles. The van der Waals surface area contributed by atoms with Crippen LogP contribution in [-0.2, 0) is 23.7 Å². The third kappa shape index (κ3) is 5.32. The van der Waals surface area contributed by atoms with Crippen molar-refractivity contribution < 1.29 is 74.7 Å². The van der Waals surface area contributed by atoms with Crippen LogP contribution in [0.4, 0.5) is 0 Å². The number of hydrogen-bond acceptors (Lipinski definition) is 15. The maximum atomic E-state index is 10.5. The van der Waals surface area contributed by atoms with Gasteiger partial charge in [-0.2, -0.15) is 0 Å². The second kappa shape index (κ2) is 11.0. The van der Waals surface area contributed by atoms with E-state index >= 15 is 0 Å². The van der Waals surface area contributed by atoms with E-state index in [0.717, 1.165) is 0 Å². The zero-order chi connectivity index (χ0) is 24.6. The molecule has 15 nitrogen and oxygen atoms in total. The first-order valence-electron chi connectivity index (χ1n) is 10.4. The van der Waals surface area contributed by atoms with Crippen LogP contribution in [0, 0.1) is 0 Å². The molecule has 0 saturated carbocycles. The summed E-state index contributed by atoms with van der Waals surface area (Å²) >= 11 is 0. The van der Waals surface area contributed by atoms with Crippen molar-refractivity contribution in [1.82, 2.24) is 0 Å². The van der Waals surface area contributed by atoms with E-state index in [4.69, 9.17) is 23.7 Å². The van der Waals surface area contributed by atoms with Gasteiger partial charge in [0, 0.05) is 0 Å². The Balaban J connectivity index is 1.83. The van der Waals surface area contributed by atoms with Crippen LogP contribution in [0.2, 0.25) is 0 Å². The van der Waals surface area contributed by atoms with E-state index in [1.165, 1.54) is 6.92 Å². The van der Waals surface area contributed by atoms with Crippen LogP contribution in [0.5, 0.6) is 0 Å². The molecule has 33 heavy (non-hydrogen) atoms. The zero-order valence-electron chi connectivity index (χ0n) is 17.6. The maximum Gasteiger partial charge on any atom is 0.187 e. The normalized spacial score (nSPS) is 53.7. The molecule has 3 aliphatic rings. The molecule has 10 N–H and O–H groups in total. The fraction of sp³-hybridized carbons (Fsp3) is 1.00. The molecule has 0 aromatic heterocycles. The summed E-state index contributed by atoms with van der Waals surface area (Å²) in [5, 5.41) is 99.8. The summed E-state index contributed by atoms with van der Waals surface area (Å²) in [6.07, 6.45) is -24.0. The highest BCUT2D eigenvalue weighted by Crippen LogP contribution is 2.32. The van der Waals surface area contributed by atoms with Crippen LogP contribution in [0.1, 0.15) is 6.92 Å². The number of rotatable bonds is 6. The predicted molar refractivity (Wildman–Crippen MR) is 99.8 cm³/mol. The molecule has 3 fully saturated rings. The molecule has 2 unspecified atom stereocenters. The van der Waals surface area contributed by atoms with Gasteiger partial charge in [-0.05, 0) is 6.92 Å². The number of hydrogen-bond donors (Lipinski definition) is 10. The summed E-state index contributed by atoms with van der Waals surface area (Å²) in [6, 6.07) is 0. The van der Waals surface area contributed by atoms with Crippen LogP contribution in [0.25, 0.3) is 0 Å². The van der Waals surface area contributed by atoms with Crippen LogP contribution in [0.3, 0.4) is 0 Å². The standard InChI is InChI=1S/C18H32O15/c1-4-7(21)9(23)11(25)17(29-4)33-15-13(27)16(28)30-6(3-20)14(15)32-18-12(26)10(24)8(22)5(2-19)31-18/h4-28H,2-3H2,1H3/t4-,5+,6+,7+,8-,9+,10-,11-,12+,13+,14+,15+,16?,17?,18-/m0/s1.